The minimum absolute atomic E-state index is 0. The largest absolute Gasteiger partial charge is 0.208 e. The molecule has 0 unspecified atom stereocenters. The molecule has 0 aliphatic heterocycles. The molecule has 2 aliphatic carbocycles. The first-order chi connectivity index (χ1) is 28.5. The SMILES string of the molecule is C.CC1(C)c2ccccc2-c2ccc(-c3nc(-c4ccccc4)nc(-c4cccc5c4Cc4c(-c6cccc(-c7ccc(-c8ccccc8)cc7)c6)cccc4-5)n3)cc21. The summed E-state index contributed by atoms with van der Waals surface area (Å²) in [5.41, 5.74) is 20.5. The Hall–Kier alpha value is -7.23. The molecule has 3 nitrogen and oxygen atoms in total. The summed E-state index contributed by atoms with van der Waals surface area (Å²) in [6, 6.07) is 67.5. The van der Waals surface area contributed by atoms with Crippen molar-refractivity contribution in [2.45, 2.75) is 33.1 Å². The van der Waals surface area contributed by atoms with Crippen LogP contribution in [0.4, 0.5) is 0 Å². The Morgan fingerprint density at radius 2 is 0.780 bits per heavy atom. The first-order valence-corrected chi connectivity index (χ1v) is 20.1. The predicted molar refractivity (Wildman–Crippen MR) is 245 cm³/mol. The number of benzene rings is 8. The maximum Gasteiger partial charge on any atom is 0.164 e. The third kappa shape index (κ3) is 6.09. The predicted octanol–water partition coefficient (Wildman–Crippen LogP) is 14.4. The number of nitrogens with zero attached hydrogens (tertiary/aromatic N) is 3. The quantitative estimate of drug-likeness (QED) is 0.170. The van der Waals surface area contributed by atoms with Gasteiger partial charge < -0.3 is 0 Å². The molecule has 0 fully saturated rings. The van der Waals surface area contributed by atoms with Crippen molar-refractivity contribution in [2.24, 2.45) is 0 Å². The minimum Gasteiger partial charge on any atom is -0.208 e. The second-order valence-corrected chi connectivity index (χ2v) is 16.0. The van der Waals surface area contributed by atoms with E-state index in [0.717, 1.165) is 23.1 Å². The molecule has 9 aromatic rings. The van der Waals surface area contributed by atoms with E-state index in [-0.39, 0.29) is 12.8 Å². The van der Waals surface area contributed by atoms with Gasteiger partial charge in [-0.1, -0.05) is 197 Å². The Kier molecular flexibility index (Phi) is 8.76. The van der Waals surface area contributed by atoms with Crippen LogP contribution in [0.3, 0.4) is 0 Å². The molecule has 1 heterocycles. The average molecular weight is 758 g/mol. The third-order valence-electron chi connectivity index (χ3n) is 12.2. The first kappa shape index (κ1) is 36.1. The van der Waals surface area contributed by atoms with E-state index >= 15 is 0 Å². The molecule has 3 heteroatoms. The topological polar surface area (TPSA) is 38.7 Å². The van der Waals surface area contributed by atoms with Crippen molar-refractivity contribution < 1.29 is 0 Å². The number of rotatable bonds is 6. The summed E-state index contributed by atoms with van der Waals surface area (Å²) in [4.78, 5) is 15.6. The van der Waals surface area contributed by atoms with Crippen LogP contribution < -0.4 is 0 Å². The molecule has 2 aliphatic rings. The molecule has 0 spiro atoms. The zero-order valence-electron chi connectivity index (χ0n) is 32.4. The lowest BCUT2D eigenvalue weighted by molar-refractivity contribution is 0.660. The Morgan fingerprint density at radius 3 is 1.51 bits per heavy atom. The van der Waals surface area contributed by atoms with E-state index in [1.807, 2.05) is 18.2 Å². The summed E-state index contributed by atoms with van der Waals surface area (Å²) < 4.78 is 0. The maximum absolute atomic E-state index is 5.29. The molecule has 0 radical (unpaired) electrons. The van der Waals surface area contributed by atoms with Crippen LogP contribution in [0, 0.1) is 0 Å². The summed E-state index contributed by atoms with van der Waals surface area (Å²) in [5.74, 6) is 2.05. The van der Waals surface area contributed by atoms with Crippen LogP contribution in [-0.2, 0) is 11.8 Å². The van der Waals surface area contributed by atoms with Crippen LogP contribution >= 0.6 is 0 Å². The second kappa shape index (κ2) is 14.3. The molecular formula is C56H43N3. The fourth-order valence-corrected chi connectivity index (χ4v) is 9.25. The monoisotopic (exact) mass is 757 g/mol. The normalized spacial score (nSPS) is 12.8. The van der Waals surface area contributed by atoms with Gasteiger partial charge in [0.15, 0.2) is 17.5 Å². The molecule has 0 saturated heterocycles. The fraction of sp³-hybridized carbons (Fsp3) is 0.0893. The van der Waals surface area contributed by atoms with Crippen molar-refractivity contribution in [3.8, 4) is 89.8 Å². The Labute approximate surface area is 346 Å². The Morgan fingerprint density at radius 1 is 0.322 bits per heavy atom. The number of hydrogen-bond acceptors (Lipinski definition) is 3. The van der Waals surface area contributed by atoms with E-state index in [2.05, 4.69) is 184 Å². The zero-order chi connectivity index (χ0) is 38.8. The van der Waals surface area contributed by atoms with Crippen LogP contribution in [0.2, 0.25) is 0 Å². The highest BCUT2D eigenvalue weighted by Crippen LogP contribution is 2.50. The molecule has 1 aromatic heterocycles. The maximum atomic E-state index is 5.29. The number of aromatic nitrogens is 3. The summed E-state index contributed by atoms with van der Waals surface area (Å²) in [7, 11) is 0. The van der Waals surface area contributed by atoms with Gasteiger partial charge in [-0.2, -0.15) is 0 Å². The highest BCUT2D eigenvalue weighted by Gasteiger charge is 2.35. The summed E-state index contributed by atoms with van der Waals surface area (Å²) in [5, 5.41) is 0. The smallest absolute Gasteiger partial charge is 0.164 e. The third-order valence-corrected chi connectivity index (χ3v) is 12.2. The van der Waals surface area contributed by atoms with Gasteiger partial charge in [-0.15, -0.1) is 0 Å². The summed E-state index contributed by atoms with van der Waals surface area (Å²) in [6.07, 6.45) is 0.792. The standard InChI is InChI=1S/C55H39N3.CH4/c1-55(2)50-25-10-9-20-45(50)46-31-30-41(33-51(46)55)53-56-52(38-16-7-4-8-17-38)57-54(58-53)47-24-13-23-44-43-22-12-21-42(48(43)34-49(44)47)40-19-11-18-39(32-40)37-28-26-36(27-29-37)35-14-5-3-6-15-35;/h3-33H,34H2,1-2H3;1H4. The van der Waals surface area contributed by atoms with Gasteiger partial charge in [0.05, 0.1) is 0 Å². The van der Waals surface area contributed by atoms with E-state index in [4.69, 9.17) is 15.0 Å². The van der Waals surface area contributed by atoms with Crippen molar-refractivity contribution in [1.29, 1.82) is 0 Å². The number of fused-ring (bicyclic) bond motifs is 6. The van der Waals surface area contributed by atoms with Crippen molar-refractivity contribution in [2.75, 3.05) is 0 Å². The van der Waals surface area contributed by atoms with Crippen LogP contribution in [0.5, 0.6) is 0 Å². The van der Waals surface area contributed by atoms with Crippen LogP contribution in [0.1, 0.15) is 43.5 Å². The highest BCUT2D eigenvalue weighted by atomic mass is 15.0. The van der Waals surface area contributed by atoms with Crippen LogP contribution in [-0.4, -0.2) is 15.0 Å². The molecule has 0 atom stereocenters. The van der Waals surface area contributed by atoms with E-state index < -0.39 is 0 Å². The average Bonchev–Trinajstić information content (AvgIpc) is 3.79. The van der Waals surface area contributed by atoms with Crippen molar-refractivity contribution >= 4 is 0 Å². The molecule has 0 bridgehead atoms. The molecular weight excluding hydrogens is 715 g/mol. The number of hydrogen-bond donors (Lipinski definition) is 0. The van der Waals surface area contributed by atoms with Gasteiger partial charge in [0, 0.05) is 28.5 Å². The van der Waals surface area contributed by atoms with Gasteiger partial charge in [-0.25, -0.2) is 15.0 Å². The van der Waals surface area contributed by atoms with E-state index in [1.165, 1.54) is 77.9 Å². The van der Waals surface area contributed by atoms with E-state index in [1.54, 1.807) is 0 Å². The molecule has 0 N–H and O–H groups in total. The van der Waals surface area contributed by atoms with E-state index in [9.17, 15) is 0 Å². The molecule has 11 rings (SSSR count). The van der Waals surface area contributed by atoms with Gasteiger partial charge in [0.25, 0.3) is 0 Å². The zero-order valence-corrected chi connectivity index (χ0v) is 32.4. The minimum atomic E-state index is -0.129. The summed E-state index contributed by atoms with van der Waals surface area (Å²) in [6.45, 7) is 4.63. The Balaban J connectivity index is 0.00000420. The van der Waals surface area contributed by atoms with Crippen LogP contribution in [0.15, 0.2) is 188 Å². The lowest BCUT2D eigenvalue weighted by atomic mass is 9.82. The van der Waals surface area contributed by atoms with Crippen molar-refractivity contribution in [3.63, 3.8) is 0 Å². The van der Waals surface area contributed by atoms with Crippen molar-refractivity contribution in [1.82, 2.24) is 15.0 Å². The van der Waals surface area contributed by atoms with Crippen molar-refractivity contribution in [3.05, 3.63) is 210 Å². The molecule has 8 aromatic carbocycles. The van der Waals surface area contributed by atoms with E-state index in [0.29, 0.717) is 17.5 Å². The van der Waals surface area contributed by atoms with Gasteiger partial charge >= 0.3 is 0 Å². The lowest BCUT2D eigenvalue weighted by Crippen LogP contribution is -2.15. The lowest BCUT2D eigenvalue weighted by Gasteiger charge is -2.21. The molecule has 59 heavy (non-hydrogen) atoms. The van der Waals surface area contributed by atoms with Crippen LogP contribution in [0.25, 0.3) is 89.8 Å². The summed E-state index contributed by atoms with van der Waals surface area (Å²) >= 11 is 0. The van der Waals surface area contributed by atoms with Gasteiger partial charge in [0.1, 0.15) is 0 Å². The van der Waals surface area contributed by atoms with Gasteiger partial charge in [0.2, 0.25) is 0 Å². The first-order valence-electron chi connectivity index (χ1n) is 20.1. The molecule has 0 amide bonds. The fourth-order valence-electron chi connectivity index (χ4n) is 9.25. The van der Waals surface area contributed by atoms with Gasteiger partial charge in [-0.05, 0) is 90.0 Å². The highest BCUT2D eigenvalue weighted by molar-refractivity contribution is 5.90. The second-order valence-electron chi connectivity index (χ2n) is 16.0. The molecule has 0 saturated carbocycles. The Bertz CT molecular complexity index is 3040. The van der Waals surface area contributed by atoms with Gasteiger partial charge in [-0.3, -0.25) is 0 Å². The molecule has 282 valence electrons.